The molecule has 0 fully saturated rings. The van der Waals surface area contributed by atoms with Gasteiger partial charge in [0.2, 0.25) is 0 Å². The highest BCUT2D eigenvalue weighted by Crippen LogP contribution is 2.29. The summed E-state index contributed by atoms with van der Waals surface area (Å²) >= 11 is 1.27. The normalized spacial score (nSPS) is 11.9. The largest absolute Gasteiger partial charge is 0.480 e. The number of carboxylic acid groups (broad SMARTS) is 1. The van der Waals surface area contributed by atoms with Crippen molar-refractivity contribution in [1.29, 1.82) is 0 Å². The van der Waals surface area contributed by atoms with E-state index in [1.807, 2.05) is 19.1 Å². The average molecular weight is 319 g/mol. The number of carboxylic acids is 1. The maximum atomic E-state index is 12.2. The Bertz CT molecular complexity index is 686. The molecule has 2 heterocycles. The second-order valence-electron chi connectivity index (χ2n) is 4.80. The molecule has 1 amide bonds. The van der Waals surface area contributed by atoms with Crippen molar-refractivity contribution in [1.82, 2.24) is 5.32 Å². The second kappa shape index (κ2) is 7.09. The van der Waals surface area contributed by atoms with Crippen molar-refractivity contribution in [2.24, 2.45) is 0 Å². The number of carbonyl (C=O) groups excluding carboxylic acids is 1. The van der Waals surface area contributed by atoms with Crippen molar-refractivity contribution >= 4 is 23.2 Å². The molecular formula is C16H17NO4S. The molecule has 0 aliphatic carbocycles. The Balaban J connectivity index is 2.07. The van der Waals surface area contributed by atoms with Crippen LogP contribution in [0.15, 0.2) is 41.3 Å². The molecule has 5 nitrogen and oxygen atoms in total. The molecular weight excluding hydrogens is 302 g/mol. The lowest BCUT2D eigenvalue weighted by Gasteiger charge is -2.12. The molecule has 0 aromatic carbocycles. The Kier molecular flexibility index (Phi) is 5.16. The SMILES string of the molecule is C=CCCC(NC(=O)c1ccc(-c2ccc(C)o2)s1)C(=O)O. The van der Waals surface area contributed by atoms with Crippen LogP contribution < -0.4 is 5.32 Å². The van der Waals surface area contributed by atoms with Crippen molar-refractivity contribution < 1.29 is 19.1 Å². The standard InChI is InChI=1S/C16H17NO4S/c1-3-4-5-11(16(19)20)17-15(18)14-9-8-13(22-14)12-7-6-10(2)21-12/h3,6-9,11H,1,4-5H2,2H3,(H,17,18)(H,19,20). The molecule has 1 unspecified atom stereocenters. The summed E-state index contributed by atoms with van der Waals surface area (Å²) in [5.41, 5.74) is 0. The predicted molar refractivity (Wildman–Crippen MR) is 85.1 cm³/mol. The van der Waals surface area contributed by atoms with Gasteiger partial charge in [-0.3, -0.25) is 4.79 Å². The van der Waals surface area contributed by atoms with Gasteiger partial charge in [0.1, 0.15) is 17.6 Å². The van der Waals surface area contributed by atoms with Gasteiger partial charge in [0, 0.05) is 0 Å². The topological polar surface area (TPSA) is 79.5 Å². The number of aryl methyl sites for hydroxylation is 1. The van der Waals surface area contributed by atoms with Crippen LogP contribution in [0.1, 0.15) is 28.3 Å². The minimum Gasteiger partial charge on any atom is -0.480 e. The number of furan rings is 1. The second-order valence-corrected chi connectivity index (χ2v) is 5.89. The van der Waals surface area contributed by atoms with Crippen LogP contribution in [0.4, 0.5) is 0 Å². The average Bonchev–Trinajstić information content (AvgIpc) is 3.11. The Morgan fingerprint density at radius 3 is 2.77 bits per heavy atom. The molecule has 0 saturated carbocycles. The molecule has 0 bridgehead atoms. The number of rotatable bonds is 7. The molecule has 0 aliphatic rings. The molecule has 0 aliphatic heterocycles. The fourth-order valence-electron chi connectivity index (χ4n) is 1.93. The molecule has 2 N–H and O–H groups in total. The van der Waals surface area contributed by atoms with Crippen molar-refractivity contribution in [3.8, 4) is 10.6 Å². The summed E-state index contributed by atoms with van der Waals surface area (Å²) in [4.78, 5) is 24.6. The minimum atomic E-state index is -1.05. The summed E-state index contributed by atoms with van der Waals surface area (Å²) in [6.07, 6.45) is 2.48. The van der Waals surface area contributed by atoms with E-state index in [1.54, 1.807) is 18.2 Å². The number of aliphatic carboxylic acids is 1. The molecule has 0 radical (unpaired) electrons. The van der Waals surface area contributed by atoms with E-state index < -0.39 is 17.9 Å². The number of amides is 1. The smallest absolute Gasteiger partial charge is 0.326 e. The third kappa shape index (κ3) is 3.85. The Labute approximate surface area is 132 Å². The van der Waals surface area contributed by atoms with Crippen LogP contribution in [0.5, 0.6) is 0 Å². The molecule has 116 valence electrons. The molecule has 2 aromatic rings. The summed E-state index contributed by atoms with van der Waals surface area (Å²) in [5, 5.41) is 11.7. The fourth-order valence-corrected chi connectivity index (χ4v) is 2.80. The van der Waals surface area contributed by atoms with Crippen LogP contribution >= 0.6 is 11.3 Å². The highest BCUT2D eigenvalue weighted by Gasteiger charge is 2.21. The van der Waals surface area contributed by atoms with E-state index in [0.717, 1.165) is 10.6 Å². The molecule has 2 aromatic heterocycles. The van der Waals surface area contributed by atoms with Gasteiger partial charge in [0.25, 0.3) is 5.91 Å². The van der Waals surface area contributed by atoms with Gasteiger partial charge < -0.3 is 14.8 Å². The lowest BCUT2D eigenvalue weighted by Crippen LogP contribution is -2.40. The summed E-state index contributed by atoms with van der Waals surface area (Å²) in [5.74, 6) is 0.0531. The van der Waals surface area contributed by atoms with Gasteiger partial charge in [-0.25, -0.2) is 4.79 Å². The van der Waals surface area contributed by atoms with Crippen LogP contribution in [0.25, 0.3) is 10.6 Å². The molecule has 1 atom stereocenters. The van der Waals surface area contributed by atoms with Crippen molar-refractivity contribution in [2.75, 3.05) is 0 Å². The molecule has 0 saturated heterocycles. The van der Waals surface area contributed by atoms with Gasteiger partial charge in [-0.2, -0.15) is 0 Å². The Morgan fingerprint density at radius 1 is 1.41 bits per heavy atom. The van der Waals surface area contributed by atoms with Crippen molar-refractivity contribution in [3.63, 3.8) is 0 Å². The first-order chi connectivity index (χ1) is 10.5. The minimum absolute atomic E-state index is 0.320. The van der Waals surface area contributed by atoms with Gasteiger partial charge in [-0.15, -0.1) is 17.9 Å². The Morgan fingerprint density at radius 2 is 2.18 bits per heavy atom. The monoisotopic (exact) mass is 319 g/mol. The first-order valence-electron chi connectivity index (χ1n) is 6.82. The summed E-state index contributed by atoms with van der Waals surface area (Å²) in [6, 6.07) is 6.23. The maximum absolute atomic E-state index is 12.2. The van der Waals surface area contributed by atoms with Gasteiger partial charge >= 0.3 is 5.97 Å². The van der Waals surface area contributed by atoms with Gasteiger partial charge in [0.15, 0.2) is 0 Å². The number of hydrogen-bond acceptors (Lipinski definition) is 4. The quantitative estimate of drug-likeness (QED) is 0.766. The summed E-state index contributed by atoms with van der Waals surface area (Å²) in [7, 11) is 0. The lowest BCUT2D eigenvalue weighted by atomic mass is 10.1. The molecule has 2 rings (SSSR count). The summed E-state index contributed by atoms with van der Waals surface area (Å²) in [6.45, 7) is 5.40. The van der Waals surface area contributed by atoms with E-state index >= 15 is 0 Å². The van der Waals surface area contributed by atoms with E-state index in [4.69, 9.17) is 9.52 Å². The van der Waals surface area contributed by atoms with E-state index in [1.165, 1.54) is 11.3 Å². The van der Waals surface area contributed by atoms with E-state index in [9.17, 15) is 9.59 Å². The van der Waals surface area contributed by atoms with Crippen LogP contribution in [0.3, 0.4) is 0 Å². The van der Waals surface area contributed by atoms with Crippen LogP contribution in [-0.2, 0) is 4.79 Å². The van der Waals surface area contributed by atoms with Crippen LogP contribution in [0.2, 0.25) is 0 Å². The predicted octanol–water partition coefficient (Wildman–Crippen LogP) is 3.47. The van der Waals surface area contributed by atoms with E-state index in [0.29, 0.717) is 23.5 Å². The highest BCUT2D eigenvalue weighted by molar-refractivity contribution is 7.17. The van der Waals surface area contributed by atoms with Crippen LogP contribution in [0, 0.1) is 6.92 Å². The Hall–Kier alpha value is -2.34. The zero-order chi connectivity index (χ0) is 16.1. The molecule has 0 spiro atoms. The number of thiophene rings is 1. The highest BCUT2D eigenvalue weighted by atomic mass is 32.1. The third-order valence-corrected chi connectivity index (χ3v) is 4.17. The summed E-state index contributed by atoms with van der Waals surface area (Å²) < 4.78 is 5.51. The van der Waals surface area contributed by atoms with Gasteiger partial charge in [-0.1, -0.05) is 6.08 Å². The van der Waals surface area contributed by atoms with Gasteiger partial charge in [0.05, 0.1) is 9.75 Å². The lowest BCUT2D eigenvalue weighted by molar-refractivity contribution is -0.139. The van der Waals surface area contributed by atoms with E-state index in [-0.39, 0.29) is 0 Å². The third-order valence-electron chi connectivity index (χ3n) is 3.08. The molecule has 6 heteroatoms. The van der Waals surface area contributed by atoms with Crippen molar-refractivity contribution in [3.05, 3.63) is 47.6 Å². The zero-order valence-electron chi connectivity index (χ0n) is 12.2. The van der Waals surface area contributed by atoms with Crippen molar-refractivity contribution in [2.45, 2.75) is 25.8 Å². The first kappa shape index (κ1) is 16.0. The fraction of sp³-hybridized carbons (Fsp3) is 0.250. The molecule has 22 heavy (non-hydrogen) atoms. The van der Waals surface area contributed by atoms with Crippen LogP contribution in [-0.4, -0.2) is 23.0 Å². The van der Waals surface area contributed by atoms with Gasteiger partial charge in [-0.05, 0) is 44.0 Å². The first-order valence-corrected chi connectivity index (χ1v) is 7.64. The number of carbonyl (C=O) groups is 2. The maximum Gasteiger partial charge on any atom is 0.326 e. The number of nitrogens with one attached hydrogen (secondary N) is 1. The zero-order valence-corrected chi connectivity index (χ0v) is 13.0. The number of hydrogen-bond donors (Lipinski definition) is 2. The number of allylic oxidation sites excluding steroid dienone is 1. The van der Waals surface area contributed by atoms with E-state index in [2.05, 4.69) is 11.9 Å².